The summed E-state index contributed by atoms with van der Waals surface area (Å²) in [5.41, 5.74) is 1.22. The second-order valence-corrected chi connectivity index (χ2v) is 6.18. The van der Waals surface area contributed by atoms with Crippen LogP contribution in [-0.2, 0) is 18.4 Å². The lowest BCUT2D eigenvalue weighted by Gasteiger charge is -2.20. The minimum Gasteiger partial charge on any atom is -0.357 e. The number of carbonyl (C=O) groups is 1. The van der Waals surface area contributed by atoms with Crippen molar-refractivity contribution in [1.82, 2.24) is 20.1 Å². The maximum Gasteiger partial charge on any atom is 0.225 e. The van der Waals surface area contributed by atoms with E-state index in [2.05, 4.69) is 27.9 Å². The lowest BCUT2D eigenvalue weighted by atomic mass is 10.2. The Labute approximate surface area is 132 Å². The summed E-state index contributed by atoms with van der Waals surface area (Å²) in [6, 6.07) is 2.35. The van der Waals surface area contributed by atoms with E-state index in [0.717, 1.165) is 32.0 Å². The standard InChI is InChI=1S/C16H27N5O/c1-12(2)15(22)21-8-6-14(11-21)19-16(17-3)18-9-13-5-7-20(4)10-13/h5,7,10,12,14H,6,8-9,11H2,1-4H3,(H2,17,18,19). The van der Waals surface area contributed by atoms with Gasteiger partial charge in [-0.05, 0) is 18.1 Å². The Morgan fingerprint density at radius 3 is 2.86 bits per heavy atom. The van der Waals surface area contributed by atoms with Gasteiger partial charge in [0.1, 0.15) is 0 Å². The fraction of sp³-hybridized carbons (Fsp3) is 0.625. The number of likely N-dealkylation sites (tertiary alicyclic amines) is 1. The number of hydrogen-bond acceptors (Lipinski definition) is 2. The third-order valence-corrected chi connectivity index (χ3v) is 3.91. The average Bonchev–Trinajstić information content (AvgIpc) is 3.11. The Morgan fingerprint density at radius 1 is 1.50 bits per heavy atom. The van der Waals surface area contributed by atoms with E-state index < -0.39 is 0 Å². The van der Waals surface area contributed by atoms with E-state index in [1.807, 2.05) is 36.6 Å². The van der Waals surface area contributed by atoms with Gasteiger partial charge in [-0.2, -0.15) is 0 Å². The van der Waals surface area contributed by atoms with E-state index in [4.69, 9.17) is 0 Å². The SMILES string of the molecule is CN=C(NCc1ccn(C)c1)NC1CCN(C(=O)C(C)C)C1. The third-order valence-electron chi connectivity index (χ3n) is 3.91. The smallest absolute Gasteiger partial charge is 0.225 e. The zero-order valence-corrected chi connectivity index (χ0v) is 14.0. The van der Waals surface area contributed by atoms with Gasteiger partial charge in [-0.1, -0.05) is 13.8 Å². The van der Waals surface area contributed by atoms with Crippen LogP contribution in [0.2, 0.25) is 0 Å². The monoisotopic (exact) mass is 305 g/mol. The van der Waals surface area contributed by atoms with E-state index >= 15 is 0 Å². The molecule has 122 valence electrons. The van der Waals surface area contributed by atoms with Gasteiger partial charge >= 0.3 is 0 Å². The van der Waals surface area contributed by atoms with Crippen molar-refractivity contribution in [1.29, 1.82) is 0 Å². The highest BCUT2D eigenvalue weighted by Crippen LogP contribution is 2.12. The Morgan fingerprint density at radius 2 is 2.27 bits per heavy atom. The number of hydrogen-bond donors (Lipinski definition) is 2. The van der Waals surface area contributed by atoms with E-state index in [1.54, 1.807) is 7.05 Å². The van der Waals surface area contributed by atoms with Crippen LogP contribution >= 0.6 is 0 Å². The number of aromatic nitrogens is 1. The number of rotatable bonds is 4. The van der Waals surface area contributed by atoms with Gasteiger partial charge < -0.3 is 20.1 Å². The molecule has 0 bridgehead atoms. The zero-order chi connectivity index (χ0) is 16.1. The number of carbonyl (C=O) groups excluding carboxylic acids is 1. The van der Waals surface area contributed by atoms with Gasteiger partial charge in [0.05, 0.1) is 0 Å². The van der Waals surface area contributed by atoms with E-state index in [9.17, 15) is 4.79 Å². The third kappa shape index (κ3) is 4.26. The van der Waals surface area contributed by atoms with Crippen LogP contribution in [0.3, 0.4) is 0 Å². The number of guanidine groups is 1. The first-order valence-electron chi connectivity index (χ1n) is 7.86. The molecule has 1 aliphatic rings. The van der Waals surface area contributed by atoms with Gasteiger partial charge in [0.2, 0.25) is 5.91 Å². The van der Waals surface area contributed by atoms with Crippen LogP contribution in [0.1, 0.15) is 25.8 Å². The number of nitrogens with one attached hydrogen (secondary N) is 2. The van der Waals surface area contributed by atoms with Crippen molar-refractivity contribution in [2.45, 2.75) is 32.9 Å². The first kappa shape index (κ1) is 16.4. The molecule has 22 heavy (non-hydrogen) atoms. The van der Waals surface area contributed by atoms with Crippen LogP contribution in [0.25, 0.3) is 0 Å². The molecule has 0 spiro atoms. The summed E-state index contributed by atoms with van der Waals surface area (Å²) in [7, 11) is 3.78. The minimum absolute atomic E-state index is 0.0641. The fourth-order valence-corrected chi connectivity index (χ4v) is 2.68. The molecule has 6 nitrogen and oxygen atoms in total. The second kappa shape index (κ2) is 7.33. The largest absolute Gasteiger partial charge is 0.357 e. The molecular weight excluding hydrogens is 278 g/mol. The van der Waals surface area contributed by atoms with E-state index in [-0.39, 0.29) is 17.9 Å². The number of aryl methyl sites for hydroxylation is 1. The summed E-state index contributed by atoms with van der Waals surface area (Å²) < 4.78 is 2.03. The molecule has 1 fully saturated rings. The summed E-state index contributed by atoms with van der Waals surface area (Å²) in [5.74, 6) is 1.08. The average molecular weight is 305 g/mol. The molecule has 1 unspecified atom stereocenters. The van der Waals surface area contributed by atoms with Crippen LogP contribution in [0, 0.1) is 5.92 Å². The molecule has 0 saturated carbocycles. The Hall–Kier alpha value is -1.98. The quantitative estimate of drug-likeness (QED) is 0.643. The van der Waals surface area contributed by atoms with Crippen molar-refractivity contribution in [3.8, 4) is 0 Å². The van der Waals surface area contributed by atoms with Crippen molar-refractivity contribution < 1.29 is 4.79 Å². The Bertz CT molecular complexity index is 534. The normalized spacial score (nSPS) is 18.9. The van der Waals surface area contributed by atoms with E-state index in [1.165, 1.54) is 5.56 Å². The lowest BCUT2D eigenvalue weighted by Crippen LogP contribution is -2.45. The van der Waals surface area contributed by atoms with E-state index in [0.29, 0.717) is 0 Å². The molecule has 0 aromatic carbocycles. The summed E-state index contributed by atoms with van der Waals surface area (Å²) in [6.07, 6.45) is 5.07. The highest BCUT2D eigenvalue weighted by Gasteiger charge is 2.27. The molecular formula is C16H27N5O. The maximum atomic E-state index is 12.0. The number of amides is 1. The molecule has 1 aliphatic heterocycles. The van der Waals surface area contributed by atoms with Crippen molar-refractivity contribution in [2.75, 3.05) is 20.1 Å². The summed E-state index contributed by atoms with van der Waals surface area (Å²) in [6.45, 7) is 6.21. The molecule has 1 saturated heterocycles. The lowest BCUT2D eigenvalue weighted by molar-refractivity contribution is -0.133. The molecule has 1 amide bonds. The Balaban J connectivity index is 1.80. The number of nitrogens with zero attached hydrogens (tertiary/aromatic N) is 3. The van der Waals surface area contributed by atoms with Crippen molar-refractivity contribution in [3.63, 3.8) is 0 Å². The minimum atomic E-state index is 0.0641. The zero-order valence-electron chi connectivity index (χ0n) is 14.0. The topological polar surface area (TPSA) is 61.7 Å². The molecule has 2 rings (SSSR count). The fourth-order valence-electron chi connectivity index (χ4n) is 2.68. The molecule has 6 heteroatoms. The molecule has 0 aliphatic carbocycles. The first-order valence-corrected chi connectivity index (χ1v) is 7.86. The summed E-state index contributed by atoms with van der Waals surface area (Å²) in [4.78, 5) is 18.2. The highest BCUT2D eigenvalue weighted by atomic mass is 16.2. The van der Waals surface area contributed by atoms with Gasteiger partial charge in [0, 0.05) is 58.1 Å². The molecule has 1 aromatic heterocycles. The first-order chi connectivity index (χ1) is 10.5. The molecule has 0 radical (unpaired) electrons. The molecule has 1 atom stereocenters. The summed E-state index contributed by atoms with van der Waals surface area (Å²) in [5, 5.41) is 6.72. The second-order valence-electron chi connectivity index (χ2n) is 6.18. The van der Waals surface area contributed by atoms with Crippen molar-refractivity contribution >= 4 is 11.9 Å². The number of aliphatic imine (C=N–C) groups is 1. The van der Waals surface area contributed by atoms with Crippen LogP contribution in [-0.4, -0.2) is 47.5 Å². The van der Waals surface area contributed by atoms with Crippen molar-refractivity contribution in [2.24, 2.45) is 18.0 Å². The van der Waals surface area contributed by atoms with Gasteiger partial charge in [-0.15, -0.1) is 0 Å². The predicted molar refractivity (Wildman–Crippen MR) is 88.6 cm³/mol. The highest BCUT2D eigenvalue weighted by molar-refractivity contribution is 5.81. The van der Waals surface area contributed by atoms with Crippen molar-refractivity contribution in [3.05, 3.63) is 24.0 Å². The Kier molecular flexibility index (Phi) is 5.46. The van der Waals surface area contributed by atoms with Crippen LogP contribution < -0.4 is 10.6 Å². The van der Waals surface area contributed by atoms with Gasteiger partial charge in [0.25, 0.3) is 0 Å². The maximum absolute atomic E-state index is 12.0. The van der Waals surface area contributed by atoms with Gasteiger partial charge in [-0.3, -0.25) is 9.79 Å². The van der Waals surface area contributed by atoms with Gasteiger partial charge in [0.15, 0.2) is 5.96 Å². The molecule has 2 heterocycles. The van der Waals surface area contributed by atoms with Crippen LogP contribution in [0.4, 0.5) is 0 Å². The molecule has 1 aromatic rings. The van der Waals surface area contributed by atoms with Crippen LogP contribution in [0.15, 0.2) is 23.5 Å². The van der Waals surface area contributed by atoms with Gasteiger partial charge in [-0.25, -0.2) is 0 Å². The van der Waals surface area contributed by atoms with Crippen LogP contribution in [0.5, 0.6) is 0 Å². The predicted octanol–water partition coefficient (Wildman–Crippen LogP) is 0.947. The summed E-state index contributed by atoms with van der Waals surface area (Å²) >= 11 is 0. The molecule has 2 N–H and O–H groups in total.